The number of benzene rings is 2. The zero-order chi connectivity index (χ0) is 23.8. The number of hydrogen-bond acceptors (Lipinski definition) is 5. The molecule has 176 valence electrons. The summed E-state index contributed by atoms with van der Waals surface area (Å²) >= 11 is 0. The summed E-state index contributed by atoms with van der Waals surface area (Å²) in [6.45, 7) is 2.62. The average molecular weight is 455 g/mol. The third-order valence-corrected chi connectivity index (χ3v) is 5.71. The first-order chi connectivity index (χ1) is 15.9. The van der Waals surface area contributed by atoms with Gasteiger partial charge in [-0.25, -0.2) is 4.79 Å². The third kappa shape index (κ3) is 6.32. The molecule has 3 rings (SSSR count). The van der Waals surface area contributed by atoms with Crippen molar-refractivity contribution >= 4 is 18.0 Å². The fraction of sp³-hybridized carbons (Fsp3) is 0.400. The van der Waals surface area contributed by atoms with Crippen LogP contribution in [-0.2, 0) is 19.1 Å². The molecule has 33 heavy (non-hydrogen) atoms. The molecule has 2 N–H and O–H groups in total. The lowest BCUT2D eigenvalue weighted by Gasteiger charge is -2.22. The van der Waals surface area contributed by atoms with Crippen molar-refractivity contribution in [1.29, 1.82) is 0 Å². The van der Waals surface area contributed by atoms with E-state index in [0.717, 1.165) is 22.3 Å². The fourth-order valence-corrected chi connectivity index (χ4v) is 4.01. The van der Waals surface area contributed by atoms with Gasteiger partial charge in [0.1, 0.15) is 6.61 Å². The number of amides is 2. The summed E-state index contributed by atoms with van der Waals surface area (Å²) in [5.41, 5.74) is 4.58. The largest absolute Gasteiger partial charge is 0.481 e. The summed E-state index contributed by atoms with van der Waals surface area (Å²) in [6.07, 6.45) is -1.20. The predicted molar refractivity (Wildman–Crippen MR) is 123 cm³/mol. The van der Waals surface area contributed by atoms with Crippen LogP contribution in [-0.4, -0.2) is 67.4 Å². The van der Waals surface area contributed by atoms with Gasteiger partial charge in [0.05, 0.1) is 18.9 Å². The van der Waals surface area contributed by atoms with Crippen LogP contribution < -0.4 is 5.32 Å². The van der Waals surface area contributed by atoms with Gasteiger partial charge in [-0.2, -0.15) is 0 Å². The molecule has 0 saturated heterocycles. The van der Waals surface area contributed by atoms with Gasteiger partial charge in [0.2, 0.25) is 5.91 Å². The molecule has 0 aromatic heterocycles. The third-order valence-electron chi connectivity index (χ3n) is 5.71. The lowest BCUT2D eigenvalue weighted by Crippen LogP contribution is -2.39. The van der Waals surface area contributed by atoms with E-state index in [1.165, 1.54) is 4.90 Å². The lowest BCUT2D eigenvalue weighted by molar-refractivity contribution is -0.138. The Morgan fingerprint density at radius 1 is 1.06 bits per heavy atom. The average Bonchev–Trinajstić information content (AvgIpc) is 3.13. The number of rotatable bonds is 11. The molecular weight excluding hydrogens is 424 g/mol. The molecule has 8 heteroatoms. The highest BCUT2D eigenvalue weighted by molar-refractivity contribution is 5.79. The van der Waals surface area contributed by atoms with Crippen molar-refractivity contribution in [3.05, 3.63) is 59.7 Å². The molecule has 1 aliphatic rings. The van der Waals surface area contributed by atoms with E-state index < -0.39 is 18.2 Å². The van der Waals surface area contributed by atoms with Crippen LogP contribution in [0.3, 0.4) is 0 Å². The molecule has 1 atom stereocenters. The summed E-state index contributed by atoms with van der Waals surface area (Å²) in [7, 11) is 1.55. The van der Waals surface area contributed by atoms with E-state index in [0.29, 0.717) is 6.61 Å². The first kappa shape index (κ1) is 24.3. The van der Waals surface area contributed by atoms with Crippen LogP contribution in [0.15, 0.2) is 48.5 Å². The van der Waals surface area contributed by atoms with E-state index >= 15 is 0 Å². The molecule has 0 saturated carbocycles. The Morgan fingerprint density at radius 2 is 1.67 bits per heavy atom. The minimum atomic E-state index is -0.965. The molecule has 2 amide bonds. The van der Waals surface area contributed by atoms with Crippen molar-refractivity contribution in [2.75, 3.05) is 33.4 Å². The molecule has 0 radical (unpaired) electrons. The first-order valence-electron chi connectivity index (χ1n) is 11.1. The number of carbonyl (C=O) groups is 3. The van der Waals surface area contributed by atoms with E-state index in [1.54, 1.807) is 14.0 Å². The monoisotopic (exact) mass is 454 g/mol. The Balaban J connectivity index is 1.52. The van der Waals surface area contributed by atoms with Crippen molar-refractivity contribution in [3.8, 4) is 11.1 Å². The standard InChI is InChI=1S/C25H30N2O6/c1-3-32-17(14-23(28)27(2)13-12-24(29)30)15-26-25(31)33-16-22-20-10-6-4-8-18(20)19-9-5-7-11-21(19)22/h4-11,17,22H,3,12-16H2,1-2H3,(H,26,31)(H,29,30). The van der Waals surface area contributed by atoms with Crippen LogP contribution in [0.2, 0.25) is 0 Å². The number of aliphatic carboxylic acids is 1. The summed E-state index contributed by atoms with van der Waals surface area (Å²) in [4.78, 5) is 36.8. The Bertz CT molecular complexity index is 947. The molecule has 0 spiro atoms. The molecule has 0 aliphatic heterocycles. The van der Waals surface area contributed by atoms with Gasteiger partial charge < -0.3 is 24.8 Å². The van der Waals surface area contributed by atoms with Crippen molar-refractivity contribution in [2.45, 2.75) is 31.8 Å². The second kappa shape index (κ2) is 11.5. The van der Waals surface area contributed by atoms with Crippen LogP contribution in [0.5, 0.6) is 0 Å². The van der Waals surface area contributed by atoms with Gasteiger partial charge in [-0.15, -0.1) is 0 Å². The molecular formula is C25H30N2O6. The van der Waals surface area contributed by atoms with E-state index in [-0.39, 0.29) is 44.4 Å². The molecule has 2 aromatic rings. The maximum Gasteiger partial charge on any atom is 0.407 e. The summed E-state index contributed by atoms with van der Waals surface area (Å²) in [5, 5.41) is 11.5. The Morgan fingerprint density at radius 3 is 2.24 bits per heavy atom. The van der Waals surface area contributed by atoms with Crippen molar-refractivity contribution < 1.29 is 29.0 Å². The summed E-state index contributed by atoms with van der Waals surface area (Å²) in [6, 6.07) is 16.2. The maximum atomic E-state index is 12.4. The van der Waals surface area contributed by atoms with Crippen LogP contribution in [0.1, 0.15) is 36.8 Å². The van der Waals surface area contributed by atoms with Gasteiger partial charge in [0, 0.05) is 32.7 Å². The first-order valence-corrected chi connectivity index (χ1v) is 11.1. The SMILES string of the molecule is CCOC(CNC(=O)OCC1c2ccccc2-c2ccccc21)CC(=O)N(C)CCC(=O)O. The van der Waals surface area contributed by atoms with Crippen LogP contribution in [0.4, 0.5) is 4.79 Å². The highest BCUT2D eigenvalue weighted by atomic mass is 16.5. The van der Waals surface area contributed by atoms with Crippen molar-refractivity contribution in [1.82, 2.24) is 10.2 Å². The van der Waals surface area contributed by atoms with Crippen LogP contribution in [0, 0.1) is 0 Å². The lowest BCUT2D eigenvalue weighted by atomic mass is 9.98. The molecule has 2 aromatic carbocycles. The van der Waals surface area contributed by atoms with Crippen molar-refractivity contribution in [3.63, 3.8) is 0 Å². The number of carbonyl (C=O) groups excluding carboxylic acids is 2. The zero-order valence-electron chi connectivity index (χ0n) is 19.0. The number of fused-ring (bicyclic) bond motifs is 3. The molecule has 0 heterocycles. The Kier molecular flexibility index (Phi) is 8.43. The van der Waals surface area contributed by atoms with Gasteiger partial charge in [0.25, 0.3) is 0 Å². The van der Waals surface area contributed by atoms with Crippen LogP contribution in [0.25, 0.3) is 11.1 Å². The summed E-state index contributed by atoms with van der Waals surface area (Å²) in [5.74, 6) is -1.24. The molecule has 1 unspecified atom stereocenters. The highest BCUT2D eigenvalue weighted by Gasteiger charge is 2.29. The van der Waals surface area contributed by atoms with Gasteiger partial charge >= 0.3 is 12.1 Å². The van der Waals surface area contributed by atoms with Crippen molar-refractivity contribution in [2.24, 2.45) is 0 Å². The van der Waals surface area contributed by atoms with Gasteiger partial charge in [-0.05, 0) is 29.2 Å². The Hall–Kier alpha value is -3.39. The topological polar surface area (TPSA) is 105 Å². The maximum absolute atomic E-state index is 12.4. The zero-order valence-corrected chi connectivity index (χ0v) is 19.0. The number of nitrogens with one attached hydrogen (secondary N) is 1. The fourth-order valence-electron chi connectivity index (χ4n) is 4.01. The number of carboxylic acid groups (broad SMARTS) is 1. The number of nitrogens with zero attached hydrogens (tertiary/aromatic N) is 1. The second-order valence-corrected chi connectivity index (χ2v) is 7.95. The van der Waals surface area contributed by atoms with E-state index in [4.69, 9.17) is 14.6 Å². The number of hydrogen-bond donors (Lipinski definition) is 2. The smallest absolute Gasteiger partial charge is 0.407 e. The summed E-state index contributed by atoms with van der Waals surface area (Å²) < 4.78 is 11.1. The van der Waals surface area contributed by atoms with E-state index in [9.17, 15) is 14.4 Å². The minimum Gasteiger partial charge on any atom is -0.481 e. The predicted octanol–water partition coefficient (Wildman–Crippen LogP) is 3.25. The quantitative estimate of drug-likeness (QED) is 0.540. The number of carboxylic acids is 1. The van der Waals surface area contributed by atoms with Gasteiger partial charge in [-0.3, -0.25) is 9.59 Å². The molecule has 0 fully saturated rings. The molecule has 8 nitrogen and oxygen atoms in total. The second-order valence-electron chi connectivity index (χ2n) is 7.95. The number of ether oxygens (including phenoxy) is 2. The minimum absolute atomic E-state index is 0.0321. The van der Waals surface area contributed by atoms with E-state index in [2.05, 4.69) is 29.6 Å². The number of alkyl carbamates (subject to hydrolysis) is 1. The molecule has 0 bridgehead atoms. The van der Waals surface area contributed by atoms with Crippen LogP contribution >= 0.6 is 0 Å². The van der Waals surface area contributed by atoms with Gasteiger partial charge in [-0.1, -0.05) is 48.5 Å². The normalized spacial score (nSPS) is 13.0. The Labute approximate surface area is 193 Å². The van der Waals surface area contributed by atoms with E-state index in [1.807, 2.05) is 24.3 Å². The van der Waals surface area contributed by atoms with Gasteiger partial charge in [0.15, 0.2) is 0 Å². The molecule has 1 aliphatic carbocycles. The highest BCUT2D eigenvalue weighted by Crippen LogP contribution is 2.44.